The lowest BCUT2D eigenvalue weighted by Crippen LogP contribution is -2.27. The predicted molar refractivity (Wildman–Crippen MR) is 80.6 cm³/mol. The highest BCUT2D eigenvalue weighted by molar-refractivity contribution is 5.91. The van der Waals surface area contributed by atoms with E-state index in [0.29, 0.717) is 0 Å². The number of para-hydroxylation sites is 1. The second-order valence-corrected chi connectivity index (χ2v) is 5.47. The van der Waals surface area contributed by atoms with Crippen molar-refractivity contribution in [2.24, 2.45) is 0 Å². The van der Waals surface area contributed by atoms with E-state index in [-0.39, 0.29) is 0 Å². The molecule has 1 N–H and O–H groups in total. The van der Waals surface area contributed by atoms with Gasteiger partial charge in [0.2, 0.25) is 0 Å². The summed E-state index contributed by atoms with van der Waals surface area (Å²) in [4.78, 5) is 7.01. The number of anilines is 1. The van der Waals surface area contributed by atoms with Gasteiger partial charge in [0.1, 0.15) is 0 Å². The highest BCUT2D eigenvalue weighted by Crippen LogP contribution is 2.25. The summed E-state index contributed by atoms with van der Waals surface area (Å²) in [5.74, 6) is 0. The third kappa shape index (κ3) is 2.87. The van der Waals surface area contributed by atoms with E-state index in [9.17, 15) is 0 Å². The van der Waals surface area contributed by atoms with E-state index in [2.05, 4.69) is 46.5 Å². The fourth-order valence-corrected chi connectivity index (χ4v) is 2.52. The number of pyridine rings is 1. The van der Waals surface area contributed by atoms with Crippen LogP contribution in [-0.4, -0.2) is 36.1 Å². The van der Waals surface area contributed by atoms with Crippen molar-refractivity contribution in [2.45, 2.75) is 25.8 Å². The molecule has 3 heteroatoms. The summed E-state index contributed by atoms with van der Waals surface area (Å²) in [6.07, 6.45) is 2.74. The summed E-state index contributed by atoms with van der Waals surface area (Å²) in [5.41, 5.74) is 3.34. The number of nitrogens with zero attached hydrogens (tertiary/aromatic N) is 2. The van der Waals surface area contributed by atoms with Crippen molar-refractivity contribution < 1.29 is 0 Å². The minimum absolute atomic E-state index is 0.831. The Morgan fingerprint density at radius 2 is 2.11 bits per heavy atom. The molecule has 1 fully saturated rings. The molecule has 1 saturated carbocycles. The molecule has 0 unspecified atom stereocenters. The van der Waals surface area contributed by atoms with E-state index in [4.69, 9.17) is 0 Å². The van der Waals surface area contributed by atoms with Gasteiger partial charge in [-0.05, 0) is 38.9 Å². The highest BCUT2D eigenvalue weighted by Gasteiger charge is 2.25. The molecule has 1 aliphatic carbocycles. The number of hydrogen-bond acceptors (Lipinski definition) is 3. The molecule has 100 valence electrons. The normalized spacial score (nSPS) is 15.1. The van der Waals surface area contributed by atoms with Gasteiger partial charge in [-0.15, -0.1) is 0 Å². The van der Waals surface area contributed by atoms with Crippen molar-refractivity contribution >= 4 is 16.6 Å². The van der Waals surface area contributed by atoms with Gasteiger partial charge >= 0.3 is 0 Å². The zero-order valence-corrected chi connectivity index (χ0v) is 11.7. The third-order valence-corrected chi connectivity index (χ3v) is 3.79. The Morgan fingerprint density at radius 1 is 1.32 bits per heavy atom. The zero-order chi connectivity index (χ0) is 13.2. The molecule has 0 aliphatic heterocycles. The predicted octanol–water partition coefficient (Wildman–Crippen LogP) is 3.05. The van der Waals surface area contributed by atoms with Crippen LogP contribution < -0.4 is 5.32 Å². The number of likely N-dealkylation sites (N-methyl/N-ethyl adjacent to an activating group) is 1. The third-order valence-electron chi connectivity index (χ3n) is 3.79. The SMILES string of the molecule is Cc1cc(NCCN(C)C2CC2)c2ccccc2n1. The lowest BCUT2D eigenvalue weighted by Gasteiger charge is -2.17. The van der Waals surface area contributed by atoms with Crippen LogP contribution in [0.2, 0.25) is 0 Å². The van der Waals surface area contributed by atoms with E-state index in [0.717, 1.165) is 30.3 Å². The Hall–Kier alpha value is -1.61. The van der Waals surface area contributed by atoms with Crippen LogP contribution in [-0.2, 0) is 0 Å². The van der Waals surface area contributed by atoms with Crippen LogP contribution >= 0.6 is 0 Å². The zero-order valence-electron chi connectivity index (χ0n) is 11.7. The van der Waals surface area contributed by atoms with Gasteiger partial charge in [-0.25, -0.2) is 0 Å². The first-order valence-corrected chi connectivity index (χ1v) is 7.04. The molecule has 1 aromatic heterocycles. The van der Waals surface area contributed by atoms with Crippen LogP contribution in [0.15, 0.2) is 30.3 Å². The second-order valence-electron chi connectivity index (χ2n) is 5.47. The first kappa shape index (κ1) is 12.4. The van der Waals surface area contributed by atoms with E-state index < -0.39 is 0 Å². The molecule has 0 spiro atoms. The molecular formula is C16H21N3. The van der Waals surface area contributed by atoms with Crippen molar-refractivity contribution in [1.82, 2.24) is 9.88 Å². The lowest BCUT2D eigenvalue weighted by molar-refractivity contribution is 0.337. The fraction of sp³-hybridized carbons (Fsp3) is 0.438. The molecule has 1 aliphatic rings. The Labute approximate surface area is 114 Å². The number of rotatable bonds is 5. The average Bonchev–Trinajstić information content (AvgIpc) is 3.22. The molecule has 0 amide bonds. The van der Waals surface area contributed by atoms with Gasteiger partial charge in [0.25, 0.3) is 0 Å². The van der Waals surface area contributed by atoms with Gasteiger partial charge in [-0.1, -0.05) is 18.2 Å². The Balaban J connectivity index is 1.72. The maximum atomic E-state index is 4.57. The monoisotopic (exact) mass is 255 g/mol. The van der Waals surface area contributed by atoms with Crippen LogP contribution in [0.3, 0.4) is 0 Å². The Morgan fingerprint density at radius 3 is 2.89 bits per heavy atom. The largest absolute Gasteiger partial charge is 0.383 e. The number of nitrogens with one attached hydrogen (secondary N) is 1. The van der Waals surface area contributed by atoms with Crippen LogP contribution in [0.25, 0.3) is 10.9 Å². The molecular weight excluding hydrogens is 234 g/mol. The quantitative estimate of drug-likeness (QED) is 0.890. The summed E-state index contributed by atoms with van der Waals surface area (Å²) >= 11 is 0. The first-order valence-electron chi connectivity index (χ1n) is 7.04. The van der Waals surface area contributed by atoms with Gasteiger partial charge in [0.15, 0.2) is 0 Å². The van der Waals surface area contributed by atoms with Crippen molar-refractivity contribution in [3.63, 3.8) is 0 Å². The standard InChI is InChI=1S/C16H21N3/c1-12-11-16(14-5-3-4-6-15(14)18-12)17-9-10-19(2)13-7-8-13/h3-6,11,13H,7-10H2,1-2H3,(H,17,18). The molecule has 0 saturated heterocycles. The highest BCUT2D eigenvalue weighted by atomic mass is 15.2. The summed E-state index contributed by atoms with van der Waals surface area (Å²) in [5, 5.41) is 4.77. The van der Waals surface area contributed by atoms with Gasteiger partial charge in [-0.2, -0.15) is 0 Å². The van der Waals surface area contributed by atoms with Crippen LogP contribution in [0.5, 0.6) is 0 Å². The maximum absolute atomic E-state index is 4.57. The molecule has 19 heavy (non-hydrogen) atoms. The summed E-state index contributed by atoms with van der Waals surface area (Å²) in [7, 11) is 2.22. The minimum atomic E-state index is 0.831. The van der Waals surface area contributed by atoms with Crippen LogP contribution in [0.4, 0.5) is 5.69 Å². The van der Waals surface area contributed by atoms with Crippen molar-refractivity contribution in [3.8, 4) is 0 Å². The molecule has 0 atom stereocenters. The molecule has 1 heterocycles. The van der Waals surface area contributed by atoms with Crippen LogP contribution in [0.1, 0.15) is 18.5 Å². The summed E-state index contributed by atoms with van der Waals surface area (Å²) in [6, 6.07) is 11.3. The van der Waals surface area contributed by atoms with Crippen molar-refractivity contribution in [3.05, 3.63) is 36.0 Å². The molecule has 0 bridgehead atoms. The van der Waals surface area contributed by atoms with E-state index in [1.54, 1.807) is 0 Å². The smallest absolute Gasteiger partial charge is 0.0725 e. The van der Waals surface area contributed by atoms with Crippen molar-refractivity contribution in [2.75, 3.05) is 25.5 Å². The number of aromatic nitrogens is 1. The number of benzene rings is 1. The first-order chi connectivity index (χ1) is 9.24. The minimum Gasteiger partial charge on any atom is -0.383 e. The fourth-order valence-electron chi connectivity index (χ4n) is 2.52. The van der Waals surface area contributed by atoms with Gasteiger partial charge in [0, 0.05) is 35.9 Å². The second kappa shape index (κ2) is 5.17. The van der Waals surface area contributed by atoms with E-state index in [1.165, 1.54) is 23.9 Å². The van der Waals surface area contributed by atoms with Crippen LogP contribution in [0, 0.1) is 6.92 Å². The Bertz CT molecular complexity index is 575. The summed E-state index contributed by atoms with van der Waals surface area (Å²) in [6.45, 7) is 4.13. The molecule has 2 aromatic rings. The molecule has 0 radical (unpaired) electrons. The molecule has 3 rings (SSSR count). The molecule has 3 nitrogen and oxygen atoms in total. The van der Waals surface area contributed by atoms with Gasteiger partial charge < -0.3 is 10.2 Å². The number of aryl methyl sites for hydroxylation is 1. The number of hydrogen-bond donors (Lipinski definition) is 1. The van der Waals surface area contributed by atoms with Crippen molar-refractivity contribution in [1.29, 1.82) is 0 Å². The Kier molecular flexibility index (Phi) is 3.38. The number of fused-ring (bicyclic) bond motifs is 1. The van der Waals surface area contributed by atoms with Gasteiger partial charge in [-0.3, -0.25) is 4.98 Å². The topological polar surface area (TPSA) is 28.2 Å². The average molecular weight is 255 g/mol. The summed E-state index contributed by atoms with van der Waals surface area (Å²) < 4.78 is 0. The van der Waals surface area contributed by atoms with E-state index >= 15 is 0 Å². The molecule has 1 aromatic carbocycles. The van der Waals surface area contributed by atoms with Gasteiger partial charge in [0.05, 0.1) is 5.52 Å². The lowest BCUT2D eigenvalue weighted by atomic mass is 10.1. The van der Waals surface area contributed by atoms with E-state index in [1.807, 2.05) is 13.0 Å². The maximum Gasteiger partial charge on any atom is 0.0725 e.